The Balaban J connectivity index is 2.36. The molecule has 0 N–H and O–H groups in total. The minimum Gasteiger partial charge on any atom is -0.345 e. The van der Waals surface area contributed by atoms with E-state index in [1.54, 1.807) is 0 Å². The van der Waals surface area contributed by atoms with Crippen molar-refractivity contribution < 1.29 is 0 Å². The molecule has 0 radical (unpaired) electrons. The van der Waals surface area contributed by atoms with Gasteiger partial charge in [0.2, 0.25) is 0 Å². The SMILES string of the molecule is Cc1ccc(N(C)c2cc(C)cc(C)c2)cc1. The first-order valence-corrected chi connectivity index (χ1v) is 5.95. The lowest BCUT2D eigenvalue weighted by atomic mass is 10.1. The van der Waals surface area contributed by atoms with Gasteiger partial charge in [-0.05, 0) is 56.2 Å². The van der Waals surface area contributed by atoms with Crippen molar-refractivity contribution in [1.82, 2.24) is 0 Å². The van der Waals surface area contributed by atoms with Crippen LogP contribution in [0.2, 0.25) is 0 Å². The van der Waals surface area contributed by atoms with Crippen molar-refractivity contribution in [2.75, 3.05) is 11.9 Å². The molecule has 2 aromatic rings. The molecule has 17 heavy (non-hydrogen) atoms. The maximum absolute atomic E-state index is 2.22. The van der Waals surface area contributed by atoms with E-state index < -0.39 is 0 Å². The molecule has 2 aromatic carbocycles. The fourth-order valence-corrected chi connectivity index (χ4v) is 2.06. The van der Waals surface area contributed by atoms with Gasteiger partial charge in [0.15, 0.2) is 0 Å². The second kappa shape index (κ2) is 4.62. The van der Waals surface area contributed by atoms with Crippen molar-refractivity contribution in [3.05, 3.63) is 59.2 Å². The zero-order valence-electron chi connectivity index (χ0n) is 11.0. The lowest BCUT2D eigenvalue weighted by Gasteiger charge is -2.20. The van der Waals surface area contributed by atoms with Gasteiger partial charge in [-0.1, -0.05) is 23.8 Å². The average Bonchev–Trinajstić information content (AvgIpc) is 2.28. The molecule has 2 rings (SSSR count). The van der Waals surface area contributed by atoms with Crippen molar-refractivity contribution in [2.45, 2.75) is 20.8 Å². The first-order valence-electron chi connectivity index (χ1n) is 5.95. The van der Waals surface area contributed by atoms with Crippen molar-refractivity contribution in [3.8, 4) is 0 Å². The third-order valence-corrected chi connectivity index (χ3v) is 3.02. The molecule has 0 aromatic heterocycles. The van der Waals surface area contributed by atoms with Gasteiger partial charge in [0.05, 0.1) is 0 Å². The summed E-state index contributed by atoms with van der Waals surface area (Å²) in [4.78, 5) is 2.22. The Morgan fingerprint density at radius 3 is 1.71 bits per heavy atom. The van der Waals surface area contributed by atoms with E-state index in [2.05, 4.69) is 75.2 Å². The van der Waals surface area contributed by atoms with Crippen LogP contribution in [0.4, 0.5) is 11.4 Å². The zero-order valence-corrected chi connectivity index (χ0v) is 11.0. The average molecular weight is 225 g/mol. The predicted molar refractivity (Wildman–Crippen MR) is 75.2 cm³/mol. The second-order valence-corrected chi connectivity index (χ2v) is 4.74. The normalized spacial score (nSPS) is 10.4. The molecule has 0 aliphatic heterocycles. The van der Waals surface area contributed by atoms with Gasteiger partial charge < -0.3 is 4.90 Å². The van der Waals surface area contributed by atoms with Crippen LogP contribution in [0, 0.1) is 20.8 Å². The largest absolute Gasteiger partial charge is 0.345 e. The van der Waals surface area contributed by atoms with Crippen LogP contribution in [0.3, 0.4) is 0 Å². The van der Waals surface area contributed by atoms with Gasteiger partial charge in [-0.25, -0.2) is 0 Å². The van der Waals surface area contributed by atoms with Crippen LogP contribution < -0.4 is 4.90 Å². The molecular formula is C16H19N. The molecule has 0 saturated carbocycles. The highest BCUT2D eigenvalue weighted by atomic mass is 15.1. The Kier molecular flexibility index (Phi) is 3.19. The molecule has 88 valence electrons. The topological polar surface area (TPSA) is 3.24 Å². The van der Waals surface area contributed by atoms with Gasteiger partial charge in [0.25, 0.3) is 0 Å². The van der Waals surface area contributed by atoms with Crippen LogP contribution in [0.5, 0.6) is 0 Å². The molecule has 0 bridgehead atoms. The summed E-state index contributed by atoms with van der Waals surface area (Å²) in [6.07, 6.45) is 0. The number of rotatable bonds is 2. The van der Waals surface area contributed by atoms with E-state index in [4.69, 9.17) is 0 Å². The summed E-state index contributed by atoms with van der Waals surface area (Å²) in [5, 5.41) is 0. The summed E-state index contributed by atoms with van der Waals surface area (Å²) in [5.41, 5.74) is 6.37. The van der Waals surface area contributed by atoms with E-state index >= 15 is 0 Å². The lowest BCUT2D eigenvalue weighted by molar-refractivity contribution is 1.19. The number of aryl methyl sites for hydroxylation is 3. The number of hydrogen-bond donors (Lipinski definition) is 0. The van der Waals surface area contributed by atoms with Crippen molar-refractivity contribution in [2.24, 2.45) is 0 Å². The van der Waals surface area contributed by atoms with Crippen LogP contribution in [-0.4, -0.2) is 7.05 Å². The van der Waals surface area contributed by atoms with Crippen LogP contribution >= 0.6 is 0 Å². The van der Waals surface area contributed by atoms with Crippen molar-refractivity contribution in [1.29, 1.82) is 0 Å². The van der Waals surface area contributed by atoms with Crippen LogP contribution in [0.1, 0.15) is 16.7 Å². The molecule has 0 aliphatic carbocycles. The Labute approximate surface area is 104 Å². The highest BCUT2D eigenvalue weighted by Crippen LogP contribution is 2.25. The van der Waals surface area contributed by atoms with Gasteiger partial charge >= 0.3 is 0 Å². The van der Waals surface area contributed by atoms with Gasteiger partial charge in [0.1, 0.15) is 0 Å². The highest BCUT2D eigenvalue weighted by molar-refractivity contribution is 5.64. The first kappa shape index (κ1) is 11.7. The molecule has 1 heteroatoms. The molecular weight excluding hydrogens is 206 g/mol. The molecule has 0 fully saturated rings. The van der Waals surface area contributed by atoms with E-state index in [9.17, 15) is 0 Å². The number of benzene rings is 2. The molecule has 0 amide bonds. The molecule has 0 unspecified atom stereocenters. The zero-order chi connectivity index (χ0) is 12.4. The molecule has 0 spiro atoms. The van der Waals surface area contributed by atoms with Gasteiger partial charge in [-0.2, -0.15) is 0 Å². The number of nitrogens with zero attached hydrogens (tertiary/aromatic N) is 1. The molecule has 0 aliphatic rings. The number of anilines is 2. The van der Waals surface area contributed by atoms with Crippen molar-refractivity contribution >= 4 is 11.4 Å². The van der Waals surface area contributed by atoms with Crippen LogP contribution in [0.25, 0.3) is 0 Å². The maximum atomic E-state index is 2.22. The monoisotopic (exact) mass is 225 g/mol. The van der Waals surface area contributed by atoms with Gasteiger partial charge in [0, 0.05) is 18.4 Å². The van der Waals surface area contributed by atoms with Crippen LogP contribution in [0.15, 0.2) is 42.5 Å². The summed E-state index contributed by atoms with van der Waals surface area (Å²) in [5.74, 6) is 0. The summed E-state index contributed by atoms with van der Waals surface area (Å²) < 4.78 is 0. The highest BCUT2D eigenvalue weighted by Gasteiger charge is 2.04. The summed E-state index contributed by atoms with van der Waals surface area (Å²) in [7, 11) is 2.11. The smallest absolute Gasteiger partial charge is 0.0413 e. The fraction of sp³-hybridized carbons (Fsp3) is 0.250. The Hall–Kier alpha value is -1.76. The molecule has 0 heterocycles. The van der Waals surface area contributed by atoms with Gasteiger partial charge in [-0.15, -0.1) is 0 Å². The van der Waals surface area contributed by atoms with E-state index in [0.29, 0.717) is 0 Å². The summed E-state index contributed by atoms with van der Waals surface area (Å²) >= 11 is 0. The maximum Gasteiger partial charge on any atom is 0.0413 e. The second-order valence-electron chi connectivity index (χ2n) is 4.74. The number of hydrogen-bond acceptors (Lipinski definition) is 1. The first-order chi connectivity index (χ1) is 8.06. The summed E-state index contributed by atoms with van der Waals surface area (Å²) in [6, 6.07) is 15.2. The molecule has 0 atom stereocenters. The van der Waals surface area contributed by atoms with Gasteiger partial charge in [-0.3, -0.25) is 0 Å². The minimum absolute atomic E-state index is 1.22. The fourth-order valence-electron chi connectivity index (χ4n) is 2.06. The van der Waals surface area contributed by atoms with Crippen LogP contribution in [-0.2, 0) is 0 Å². The Morgan fingerprint density at radius 2 is 1.18 bits per heavy atom. The van der Waals surface area contributed by atoms with E-state index in [0.717, 1.165) is 0 Å². The van der Waals surface area contributed by atoms with E-state index in [1.807, 2.05) is 0 Å². The third-order valence-electron chi connectivity index (χ3n) is 3.02. The van der Waals surface area contributed by atoms with E-state index in [-0.39, 0.29) is 0 Å². The van der Waals surface area contributed by atoms with E-state index in [1.165, 1.54) is 28.1 Å². The predicted octanol–water partition coefficient (Wildman–Crippen LogP) is 4.38. The lowest BCUT2D eigenvalue weighted by Crippen LogP contribution is -2.09. The minimum atomic E-state index is 1.22. The summed E-state index contributed by atoms with van der Waals surface area (Å²) in [6.45, 7) is 6.39. The molecule has 1 nitrogen and oxygen atoms in total. The van der Waals surface area contributed by atoms with Crippen molar-refractivity contribution in [3.63, 3.8) is 0 Å². The standard InChI is InChI=1S/C16H19N/c1-12-5-7-15(8-6-12)17(4)16-10-13(2)9-14(3)11-16/h5-11H,1-4H3. The quantitative estimate of drug-likeness (QED) is 0.733. The third kappa shape index (κ3) is 2.68. The Bertz CT molecular complexity index is 491. The Morgan fingerprint density at radius 1 is 0.647 bits per heavy atom. The molecule has 0 saturated heterocycles.